The van der Waals surface area contributed by atoms with Crippen LogP contribution < -0.4 is 10.6 Å². The molecule has 0 saturated heterocycles. The van der Waals surface area contributed by atoms with Gasteiger partial charge in [-0.2, -0.15) is 9.36 Å². The highest BCUT2D eigenvalue weighted by atomic mass is 32.1. The van der Waals surface area contributed by atoms with Crippen LogP contribution in [0.1, 0.15) is 11.8 Å². The molecule has 2 aromatic heterocycles. The van der Waals surface area contributed by atoms with Gasteiger partial charge in [0.1, 0.15) is 0 Å². The van der Waals surface area contributed by atoms with Crippen molar-refractivity contribution in [1.29, 1.82) is 0 Å². The number of nitrogen functional groups attached to an aromatic ring is 1. The molecule has 0 unspecified atom stereocenters. The molecule has 0 fully saturated rings. The molecular formula is C9H12N4S2. The van der Waals surface area contributed by atoms with Gasteiger partial charge in [-0.25, -0.2) is 0 Å². The Bertz CT molecular complexity index is 409. The lowest BCUT2D eigenvalue weighted by molar-refractivity contribution is 0.837. The molecule has 0 atom stereocenters. The average molecular weight is 240 g/mol. The maximum atomic E-state index is 5.51. The van der Waals surface area contributed by atoms with Crippen LogP contribution in [-0.4, -0.2) is 15.9 Å². The Labute approximate surface area is 96.5 Å². The van der Waals surface area contributed by atoms with Gasteiger partial charge >= 0.3 is 0 Å². The predicted molar refractivity (Wildman–Crippen MR) is 65.4 cm³/mol. The number of hydrogen-bond acceptors (Lipinski definition) is 6. The molecule has 0 aliphatic rings. The number of hydrogen-bond donors (Lipinski definition) is 1. The van der Waals surface area contributed by atoms with Gasteiger partial charge < -0.3 is 10.6 Å². The Kier molecular flexibility index (Phi) is 3.17. The number of nitrogens with zero attached hydrogens (tertiary/aromatic N) is 3. The first-order valence-electron chi connectivity index (χ1n) is 4.66. The van der Waals surface area contributed by atoms with E-state index >= 15 is 0 Å². The average Bonchev–Trinajstić information content (AvgIpc) is 2.85. The second-order valence-corrected chi connectivity index (χ2v) is 4.79. The van der Waals surface area contributed by atoms with Gasteiger partial charge in [0.2, 0.25) is 11.1 Å². The highest BCUT2D eigenvalue weighted by Crippen LogP contribution is 2.21. The van der Waals surface area contributed by atoms with Crippen LogP contribution in [0.2, 0.25) is 0 Å². The highest BCUT2D eigenvalue weighted by Gasteiger charge is 2.10. The number of nitrogens with two attached hydrogens (primary N) is 1. The molecule has 4 nitrogen and oxygen atoms in total. The summed E-state index contributed by atoms with van der Waals surface area (Å²) in [5.74, 6) is 0.361. The summed E-state index contributed by atoms with van der Waals surface area (Å²) < 4.78 is 3.98. The van der Waals surface area contributed by atoms with Crippen LogP contribution in [0.25, 0.3) is 0 Å². The van der Waals surface area contributed by atoms with E-state index in [1.165, 1.54) is 16.4 Å². The lowest BCUT2D eigenvalue weighted by Crippen LogP contribution is -2.21. The fourth-order valence-corrected chi connectivity index (χ4v) is 2.64. The third kappa shape index (κ3) is 2.45. The van der Waals surface area contributed by atoms with Gasteiger partial charge in [-0.1, -0.05) is 6.07 Å². The Hall–Kier alpha value is -1.14. The first-order valence-corrected chi connectivity index (χ1v) is 6.31. The van der Waals surface area contributed by atoms with Crippen LogP contribution in [-0.2, 0) is 6.54 Å². The summed E-state index contributed by atoms with van der Waals surface area (Å²) in [5.41, 5.74) is 5.51. The molecule has 0 bridgehead atoms. The van der Waals surface area contributed by atoms with E-state index in [1.807, 2.05) is 0 Å². The van der Waals surface area contributed by atoms with Gasteiger partial charge in [0, 0.05) is 23.0 Å². The summed E-state index contributed by atoms with van der Waals surface area (Å²) >= 11 is 3.10. The van der Waals surface area contributed by atoms with E-state index in [2.05, 4.69) is 38.7 Å². The zero-order chi connectivity index (χ0) is 10.7. The monoisotopic (exact) mass is 240 g/mol. The van der Waals surface area contributed by atoms with E-state index in [4.69, 9.17) is 5.73 Å². The molecule has 6 heteroatoms. The van der Waals surface area contributed by atoms with E-state index in [1.54, 1.807) is 11.3 Å². The van der Waals surface area contributed by atoms with Crippen LogP contribution in [0.5, 0.6) is 0 Å². The van der Waals surface area contributed by atoms with Crippen molar-refractivity contribution in [2.75, 3.05) is 17.2 Å². The summed E-state index contributed by atoms with van der Waals surface area (Å²) in [4.78, 5) is 7.67. The summed E-state index contributed by atoms with van der Waals surface area (Å²) in [6.07, 6.45) is 0. The number of rotatable bonds is 4. The minimum absolute atomic E-state index is 0.361. The minimum atomic E-state index is 0.361. The lowest BCUT2D eigenvalue weighted by atomic mass is 10.4. The third-order valence-electron chi connectivity index (χ3n) is 2.01. The van der Waals surface area contributed by atoms with Crippen molar-refractivity contribution in [2.45, 2.75) is 13.5 Å². The zero-order valence-electron chi connectivity index (χ0n) is 8.38. The van der Waals surface area contributed by atoms with Gasteiger partial charge in [-0.3, -0.25) is 0 Å². The van der Waals surface area contributed by atoms with Crippen LogP contribution >= 0.6 is 22.9 Å². The van der Waals surface area contributed by atoms with Crippen LogP contribution in [0.4, 0.5) is 11.1 Å². The van der Waals surface area contributed by atoms with Crippen molar-refractivity contribution in [3.63, 3.8) is 0 Å². The molecule has 2 rings (SSSR count). The fraction of sp³-hybridized carbons (Fsp3) is 0.333. The van der Waals surface area contributed by atoms with Crippen molar-refractivity contribution >= 4 is 33.9 Å². The van der Waals surface area contributed by atoms with Crippen LogP contribution in [0, 0.1) is 0 Å². The summed E-state index contributed by atoms with van der Waals surface area (Å²) in [7, 11) is 0. The minimum Gasteiger partial charge on any atom is -0.367 e. The van der Waals surface area contributed by atoms with Crippen molar-refractivity contribution in [3.05, 3.63) is 22.4 Å². The standard InChI is InChI=1S/C9H12N4S2/c1-2-13(6-7-4-3-5-14-7)9-11-8(10)12-15-9/h3-5H,2,6H2,1H3,(H2,10,12). The lowest BCUT2D eigenvalue weighted by Gasteiger charge is -2.17. The first-order chi connectivity index (χ1) is 7.29. The second-order valence-electron chi connectivity index (χ2n) is 3.03. The highest BCUT2D eigenvalue weighted by molar-refractivity contribution is 7.10. The largest absolute Gasteiger partial charge is 0.367 e. The van der Waals surface area contributed by atoms with E-state index in [0.717, 1.165) is 18.2 Å². The van der Waals surface area contributed by atoms with E-state index < -0.39 is 0 Å². The second kappa shape index (κ2) is 4.59. The van der Waals surface area contributed by atoms with Gasteiger partial charge in [0.25, 0.3) is 0 Å². The van der Waals surface area contributed by atoms with Gasteiger partial charge in [-0.05, 0) is 18.4 Å². The molecule has 80 valence electrons. The Morgan fingerprint density at radius 2 is 2.40 bits per heavy atom. The quantitative estimate of drug-likeness (QED) is 0.890. The smallest absolute Gasteiger partial charge is 0.233 e. The third-order valence-corrected chi connectivity index (χ3v) is 3.66. The van der Waals surface area contributed by atoms with Gasteiger partial charge in [0.15, 0.2) is 0 Å². The molecule has 0 aliphatic carbocycles. The number of thiophene rings is 1. The van der Waals surface area contributed by atoms with Crippen molar-refractivity contribution in [1.82, 2.24) is 9.36 Å². The molecule has 0 amide bonds. The molecule has 0 aliphatic heterocycles. The van der Waals surface area contributed by atoms with E-state index in [9.17, 15) is 0 Å². The van der Waals surface area contributed by atoms with Gasteiger partial charge in [0.05, 0.1) is 6.54 Å². The molecule has 2 heterocycles. The predicted octanol–water partition coefficient (Wildman–Crippen LogP) is 2.21. The zero-order valence-corrected chi connectivity index (χ0v) is 10.0. The number of anilines is 2. The fourth-order valence-electron chi connectivity index (χ4n) is 1.26. The van der Waals surface area contributed by atoms with Crippen LogP contribution in [0.3, 0.4) is 0 Å². The summed E-state index contributed by atoms with van der Waals surface area (Å²) in [6.45, 7) is 3.89. The van der Waals surface area contributed by atoms with E-state index in [0.29, 0.717) is 5.95 Å². The van der Waals surface area contributed by atoms with E-state index in [-0.39, 0.29) is 0 Å². The molecule has 0 radical (unpaired) electrons. The molecular weight excluding hydrogens is 228 g/mol. The topological polar surface area (TPSA) is 55.0 Å². The van der Waals surface area contributed by atoms with Crippen molar-refractivity contribution < 1.29 is 0 Å². The Morgan fingerprint density at radius 3 is 2.93 bits per heavy atom. The van der Waals surface area contributed by atoms with Crippen LogP contribution in [0.15, 0.2) is 17.5 Å². The molecule has 0 saturated carbocycles. The molecule has 2 N–H and O–H groups in total. The molecule has 0 aromatic carbocycles. The Balaban J connectivity index is 2.11. The Morgan fingerprint density at radius 1 is 1.53 bits per heavy atom. The normalized spacial score (nSPS) is 10.5. The maximum Gasteiger partial charge on any atom is 0.233 e. The first kappa shape index (κ1) is 10.4. The molecule has 15 heavy (non-hydrogen) atoms. The summed E-state index contributed by atoms with van der Waals surface area (Å²) in [5, 5.41) is 2.97. The van der Waals surface area contributed by atoms with Crippen molar-refractivity contribution in [3.8, 4) is 0 Å². The summed E-state index contributed by atoms with van der Waals surface area (Å²) in [6, 6.07) is 4.18. The molecule has 0 spiro atoms. The maximum absolute atomic E-state index is 5.51. The van der Waals surface area contributed by atoms with Gasteiger partial charge in [-0.15, -0.1) is 11.3 Å². The number of aromatic nitrogens is 2. The van der Waals surface area contributed by atoms with Crippen molar-refractivity contribution in [2.24, 2.45) is 0 Å². The molecule has 2 aromatic rings. The SMILES string of the molecule is CCN(Cc1cccs1)c1nc(N)ns1.